The number of hydrogen-bond donors (Lipinski definition) is 1. The fourth-order valence-corrected chi connectivity index (χ4v) is 5.12. The summed E-state index contributed by atoms with van der Waals surface area (Å²) in [4.78, 5) is 4.44. The molecule has 1 N–H and O–H groups in total. The molecule has 1 saturated heterocycles. The highest BCUT2D eigenvalue weighted by molar-refractivity contribution is 7.89. The fraction of sp³-hybridized carbons (Fsp3) is 0.250. The van der Waals surface area contributed by atoms with Gasteiger partial charge in [-0.25, -0.2) is 8.42 Å². The first-order valence-corrected chi connectivity index (χ1v) is 10.9. The molecule has 1 aromatic heterocycles. The Morgan fingerprint density at radius 3 is 2.68 bits per heavy atom. The number of nitrogens with zero attached hydrogens (tertiary/aromatic N) is 2. The summed E-state index contributed by atoms with van der Waals surface area (Å²) in [6.45, 7) is 2.39. The molecule has 0 unspecified atom stereocenters. The summed E-state index contributed by atoms with van der Waals surface area (Å²) >= 11 is 5.94. The van der Waals surface area contributed by atoms with E-state index in [2.05, 4.69) is 10.3 Å². The monoisotopic (exact) mass is 417 g/mol. The number of hydrogen-bond acceptors (Lipinski definition) is 5. The average molecular weight is 418 g/mol. The Bertz CT molecular complexity index is 1070. The van der Waals surface area contributed by atoms with Gasteiger partial charge in [-0.1, -0.05) is 23.7 Å². The molecular formula is C20H20ClN3O3S. The molecule has 4 rings (SSSR count). The van der Waals surface area contributed by atoms with Crippen molar-refractivity contribution in [3.05, 3.63) is 59.9 Å². The highest BCUT2D eigenvalue weighted by Gasteiger charge is 2.28. The van der Waals surface area contributed by atoms with Crippen molar-refractivity contribution in [3.63, 3.8) is 0 Å². The van der Waals surface area contributed by atoms with Crippen molar-refractivity contribution in [2.75, 3.05) is 26.2 Å². The molecule has 0 radical (unpaired) electrons. The van der Waals surface area contributed by atoms with E-state index in [1.165, 1.54) is 4.31 Å². The molecule has 1 aliphatic heterocycles. The lowest BCUT2D eigenvalue weighted by molar-refractivity contribution is 0.432. The predicted octanol–water partition coefficient (Wildman–Crippen LogP) is 3.66. The van der Waals surface area contributed by atoms with Crippen molar-refractivity contribution >= 4 is 32.4 Å². The van der Waals surface area contributed by atoms with Gasteiger partial charge in [-0.05, 0) is 43.3 Å². The normalized spacial score (nSPS) is 16.0. The van der Waals surface area contributed by atoms with E-state index in [0.717, 1.165) is 13.0 Å². The molecule has 0 aliphatic carbocycles. The molecule has 2 aromatic carbocycles. The third-order valence-corrected chi connectivity index (χ3v) is 6.86. The van der Waals surface area contributed by atoms with Gasteiger partial charge in [0.25, 0.3) is 0 Å². The summed E-state index contributed by atoms with van der Waals surface area (Å²) in [6.07, 6.45) is 3.96. The highest BCUT2D eigenvalue weighted by atomic mass is 35.5. The second-order valence-corrected chi connectivity index (χ2v) is 8.90. The summed E-state index contributed by atoms with van der Waals surface area (Å²) in [5.41, 5.74) is 0. The third kappa shape index (κ3) is 3.84. The standard InChI is InChI=1S/C20H20ClN3O3S/c21-16-5-7-17(8-6-16)27-18-14-23-13-15-3-1-4-19(20(15)18)28(25,26)24-11-2-9-22-10-12-24/h1,3-8,13-14,22H,2,9-12H2. The molecule has 1 fully saturated rings. The van der Waals surface area contributed by atoms with E-state index in [-0.39, 0.29) is 4.90 Å². The zero-order valence-corrected chi connectivity index (χ0v) is 16.7. The van der Waals surface area contributed by atoms with Gasteiger partial charge in [-0.3, -0.25) is 4.98 Å². The van der Waals surface area contributed by atoms with E-state index in [4.69, 9.17) is 16.3 Å². The van der Waals surface area contributed by atoms with Crippen LogP contribution in [0.5, 0.6) is 11.5 Å². The first-order valence-electron chi connectivity index (χ1n) is 9.07. The first kappa shape index (κ1) is 19.1. The van der Waals surface area contributed by atoms with Gasteiger partial charge in [0.1, 0.15) is 5.75 Å². The fourth-order valence-electron chi connectivity index (χ4n) is 3.29. The summed E-state index contributed by atoms with van der Waals surface area (Å²) < 4.78 is 34.3. The molecule has 0 atom stereocenters. The Morgan fingerprint density at radius 1 is 1.04 bits per heavy atom. The van der Waals surface area contributed by atoms with Crippen molar-refractivity contribution in [2.24, 2.45) is 0 Å². The SMILES string of the molecule is O=S(=O)(c1cccc2cncc(Oc3ccc(Cl)cc3)c12)N1CCCNCC1. The number of fused-ring (bicyclic) bond motifs is 1. The maximum Gasteiger partial charge on any atom is 0.243 e. The van der Waals surface area contributed by atoms with E-state index >= 15 is 0 Å². The molecular weight excluding hydrogens is 398 g/mol. The molecule has 0 amide bonds. The number of ether oxygens (including phenoxy) is 1. The van der Waals surface area contributed by atoms with Crippen molar-refractivity contribution in [1.29, 1.82) is 0 Å². The minimum Gasteiger partial charge on any atom is -0.455 e. The second-order valence-electron chi connectivity index (χ2n) is 6.56. The van der Waals surface area contributed by atoms with Crippen molar-refractivity contribution in [1.82, 2.24) is 14.6 Å². The van der Waals surface area contributed by atoms with Crippen LogP contribution in [0, 0.1) is 0 Å². The van der Waals surface area contributed by atoms with Crippen LogP contribution in [0.4, 0.5) is 0 Å². The number of aromatic nitrogens is 1. The van der Waals surface area contributed by atoms with Crippen LogP contribution in [-0.2, 0) is 10.0 Å². The number of nitrogens with one attached hydrogen (secondary N) is 1. The van der Waals surface area contributed by atoms with E-state index < -0.39 is 10.0 Å². The van der Waals surface area contributed by atoms with Crippen LogP contribution in [0.3, 0.4) is 0 Å². The van der Waals surface area contributed by atoms with Gasteiger partial charge < -0.3 is 10.1 Å². The molecule has 8 heteroatoms. The molecule has 2 heterocycles. The summed E-state index contributed by atoms with van der Waals surface area (Å²) in [5, 5.41) is 5.07. The van der Waals surface area contributed by atoms with E-state index in [1.807, 2.05) is 6.07 Å². The molecule has 0 saturated carbocycles. The summed E-state index contributed by atoms with van der Waals surface area (Å²) in [7, 11) is -3.67. The molecule has 3 aromatic rings. The first-order chi connectivity index (χ1) is 13.6. The van der Waals surface area contributed by atoms with Gasteiger partial charge >= 0.3 is 0 Å². The predicted molar refractivity (Wildman–Crippen MR) is 110 cm³/mol. The molecule has 1 aliphatic rings. The van der Waals surface area contributed by atoms with Crippen molar-refractivity contribution in [3.8, 4) is 11.5 Å². The van der Waals surface area contributed by atoms with Gasteiger partial charge in [0, 0.05) is 41.6 Å². The van der Waals surface area contributed by atoms with Crippen LogP contribution in [-0.4, -0.2) is 43.9 Å². The maximum atomic E-state index is 13.4. The second kappa shape index (κ2) is 8.05. The van der Waals surface area contributed by atoms with Crippen LogP contribution in [0.2, 0.25) is 5.02 Å². The van der Waals surface area contributed by atoms with Crippen LogP contribution >= 0.6 is 11.6 Å². The van der Waals surface area contributed by atoms with Crippen LogP contribution in [0.1, 0.15) is 6.42 Å². The van der Waals surface area contributed by atoms with Gasteiger partial charge in [-0.2, -0.15) is 4.31 Å². The van der Waals surface area contributed by atoms with Gasteiger partial charge in [-0.15, -0.1) is 0 Å². The smallest absolute Gasteiger partial charge is 0.243 e. The minimum absolute atomic E-state index is 0.235. The minimum atomic E-state index is -3.67. The topological polar surface area (TPSA) is 71.5 Å². The molecule has 28 heavy (non-hydrogen) atoms. The quantitative estimate of drug-likeness (QED) is 0.701. The zero-order chi connectivity index (χ0) is 19.6. The van der Waals surface area contributed by atoms with Crippen LogP contribution in [0.25, 0.3) is 10.8 Å². The van der Waals surface area contributed by atoms with Crippen LogP contribution in [0.15, 0.2) is 59.8 Å². The summed E-state index contributed by atoms with van der Waals surface area (Å²) in [6, 6.07) is 12.1. The van der Waals surface area contributed by atoms with Crippen molar-refractivity contribution in [2.45, 2.75) is 11.3 Å². The molecule has 0 spiro atoms. The lowest BCUT2D eigenvalue weighted by Gasteiger charge is -2.21. The molecule has 6 nitrogen and oxygen atoms in total. The van der Waals surface area contributed by atoms with Gasteiger partial charge in [0.05, 0.1) is 11.1 Å². The van der Waals surface area contributed by atoms with E-state index in [0.29, 0.717) is 46.9 Å². The highest BCUT2D eigenvalue weighted by Crippen LogP contribution is 2.35. The Morgan fingerprint density at radius 2 is 1.86 bits per heavy atom. The number of halogens is 1. The number of rotatable bonds is 4. The Kier molecular flexibility index (Phi) is 5.50. The van der Waals surface area contributed by atoms with Gasteiger partial charge in [0.2, 0.25) is 10.0 Å². The third-order valence-electron chi connectivity index (χ3n) is 4.67. The lowest BCUT2D eigenvalue weighted by atomic mass is 10.1. The average Bonchev–Trinajstić information content (AvgIpc) is 3.00. The lowest BCUT2D eigenvalue weighted by Crippen LogP contribution is -2.34. The zero-order valence-electron chi connectivity index (χ0n) is 15.1. The Balaban J connectivity index is 1.81. The Labute approximate surface area is 169 Å². The largest absolute Gasteiger partial charge is 0.455 e. The molecule has 0 bridgehead atoms. The Hall–Kier alpha value is -2.19. The summed E-state index contributed by atoms with van der Waals surface area (Å²) in [5.74, 6) is 0.955. The molecule has 146 valence electrons. The van der Waals surface area contributed by atoms with E-state index in [1.54, 1.807) is 48.8 Å². The number of pyridine rings is 1. The van der Waals surface area contributed by atoms with Crippen LogP contribution < -0.4 is 10.1 Å². The van der Waals surface area contributed by atoms with Gasteiger partial charge in [0.15, 0.2) is 5.75 Å². The maximum absolute atomic E-state index is 13.4. The van der Waals surface area contributed by atoms with Crippen molar-refractivity contribution < 1.29 is 13.2 Å². The van der Waals surface area contributed by atoms with E-state index in [9.17, 15) is 8.42 Å². The number of benzene rings is 2. The number of sulfonamides is 1.